The Kier molecular flexibility index (Phi) is 7.33. The highest BCUT2D eigenvalue weighted by Gasteiger charge is 2.09. The van der Waals surface area contributed by atoms with E-state index >= 15 is 0 Å². The van der Waals surface area contributed by atoms with E-state index in [1.807, 2.05) is 31.2 Å². The molecule has 7 heteroatoms. The molecular weight excluding hydrogens is 374 g/mol. The van der Waals surface area contributed by atoms with Gasteiger partial charge in [-0.3, -0.25) is 4.98 Å². The molecule has 0 saturated carbocycles. The third-order valence-electron chi connectivity index (χ3n) is 4.34. The van der Waals surface area contributed by atoms with Gasteiger partial charge in [-0.05, 0) is 31.0 Å². The van der Waals surface area contributed by atoms with Gasteiger partial charge in [-0.25, -0.2) is 4.99 Å². The van der Waals surface area contributed by atoms with Crippen LogP contribution in [0.25, 0.3) is 10.9 Å². The molecule has 0 aliphatic carbocycles. The minimum Gasteiger partial charge on any atom is -0.434 e. The molecule has 5 nitrogen and oxygen atoms in total. The summed E-state index contributed by atoms with van der Waals surface area (Å²) in [6, 6.07) is 16.8. The first-order chi connectivity index (χ1) is 14.2. The maximum absolute atomic E-state index is 12.6. The van der Waals surface area contributed by atoms with Crippen LogP contribution < -0.4 is 15.4 Å². The Labute approximate surface area is 168 Å². The number of aromatic nitrogens is 1. The van der Waals surface area contributed by atoms with E-state index in [1.54, 1.807) is 24.4 Å². The molecule has 0 atom stereocenters. The second-order valence-electron chi connectivity index (χ2n) is 6.35. The molecule has 0 radical (unpaired) electrons. The Bertz CT molecular complexity index is 957. The van der Waals surface area contributed by atoms with Gasteiger partial charge >= 0.3 is 6.61 Å². The summed E-state index contributed by atoms with van der Waals surface area (Å²) in [4.78, 5) is 8.97. The average molecular weight is 398 g/mol. The van der Waals surface area contributed by atoms with Gasteiger partial charge < -0.3 is 15.4 Å². The number of rotatable bonds is 8. The highest BCUT2D eigenvalue weighted by molar-refractivity contribution is 5.82. The largest absolute Gasteiger partial charge is 0.434 e. The second kappa shape index (κ2) is 10.4. The van der Waals surface area contributed by atoms with Crippen molar-refractivity contribution >= 4 is 16.9 Å². The van der Waals surface area contributed by atoms with Crippen LogP contribution in [0.4, 0.5) is 8.78 Å². The topological polar surface area (TPSA) is 58.5 Å². The van der Waals surface area contributed by atoms with Crippen molar-refractivity contribution in [1.29, 1.82) is 0 Å². The molecule has 0 unspecified atom stereocenters. The molecule has 0 aliphatic rings. The number of para-hydroxylation sites is 2. The van der Waals surface area contributed by atoms with Crippen molar-refractivity contribution in [2.24, 2.45) is 4.99 Å². The highest BCUT2D eigenvalue weighted by atomic mass is 19.3. The molecule has 0 amide bonds. The molecule has 0 bridgehead atoms. The van der Waals surface area contributed by atoms with E-state index < -0.39 is 6.61 Å². The maximum Gasteiger partial charge on any atom is 0.387 e. The van der Waals surface area contributed by atoms with Gasteiger partial charge in [-0.1, -0.05) is 42.5 Å². The predicted molar refractivity (Wildman–Crippen MR) is 111 cm³/mol. The Balaban J connectivity index is 1.64. The third kappa shape index (κ3) is 5.88. The first-order valence-electron chi connectivity index (χ1n) is 9.55. The number of aliphatic imine (C=N–C) groups is 1. The normalized spacial score (nSPS) is 11.7. The number of pyridine rings is 1. The predicted octanol–water partition coefficient (Wildman–Crippen LogP) is 4.13. The van der Waals surface area contributed by atoms with Crippen molar-refractivity contribution < 1.29 is 13.5 Å². The Morgan fingerprint density at radius 3 is 2.66 bits per heavy atom. The van der Waals surface area contributed by atoms with Crippen molar-refractivity contribution in [3.8, 4) is 5.75 Å². The summed E-state index contributed by atoms with van der Waals surface area (Å²) in [6.07, 6.45) is 2.58. The van der Waals surface area contributed by atoms with Gasteiger partial charge in [-0.2, -0.15) is 8.78 Å². The van der Waals surface area contributed by atoms with Crippen LogP contribution >= 0.6 is 0 Å². The minimum atomic E-state index is -2.86. The summed E-state index contributed by atoms with van der Waals surface area (Å²) in [6.45, 7) is 0.696. The summed E-state index contributed by atoms with van der Waals surface area (Å²) >= 11 is 0. The number of fused-ring (bicyclic) bond motifs is 1. The molecule has 1 aromatic heterocycles. The zero-order chi connectivity index (χ0) is 20.5. The SMILES string of the molecule is CCNC(=NCc1ccccc1OC(F)F)NCCc1cccc2cccnc12. The molecule has 1 heterocycles. The minimum absolute atomic E-state index is 0.143. The molecule has 2 N–H and O–H groups in total. The Morgan fingerprint density at radius 1 is 1.03 bits per heavy atom. The fourth-order valence-corrected chi connectivity index (χ4v) is 3.04. The number of nitrogens with one attached hydrogen (secondary N) is 2. The third-order valence-corrected chi connectivity index (χ3v) is 4.34. The fraction of sp³-hybridized carbons (Fsp3) is 0.273. The summed E-state index contributed by atoms with van der Waals surface area (Å²) in [7, 11) is 0. The molecule has 3 rings (SSSR count). The standard InChI is InChI=1S/C22H24F2N4O/c1-2-25-22(28-15-18-7-3-4-11-19(18)29-21(23)24)27-14-12-17-9-5-8-16-10-6-13-26-20(16)17/h3-11,13,21H,2,12,14-15H2,1H3,(H2,25,27,28). The number of nitrogens with zero attached hydrogens (tertiary/aromatic N) is 2. The fourth-order valence-electron chi connectivity index (χ4n) is 3.04. The van der Waals surface area contributed by atoms with Crippen LogP contribution in [0.15, 0.2) is 65.8 Å². The quantitative estimate of drug-likeness (QED) is 0.442. The first-order valence-corrected chi connectivity index (χ1v) is 9.55. The van der Waals surface area contributed by atoms with Gasteiger partial charge in [0.2, 0.25) is 0 Å². The van der Waals surface area contributed by atoms with E-state index in [9.17, 15) is 8.78 Å². The average Bonchev–Trinajstić information content (AvgIpc) is 2.72. The number of hydrogen-bond acceptors (Lipinski definition) is 3. The van der Waals surface area contributed by atoms with Crippen molar-refractivity contribution in [3.05, 3.63) is 71.9 Å². The monoisotopic (exact) mass is 398 g/mol. The lowest BCUT2D eigenvalue weighted by Gasteiger charge is -2.13. The zero-order valence-corrected chi connectivity index (χ0v) is 16.2. The zero-order valence-electron chi connectivity index (χ0n) is 16.2. The maximum atomic E-state index is 12.6. The lowest BCUT2D eigenvalue weighted by Crippen LogP contribution is -2.38. The van der Waals surface area contributed by atoms with Gasteiger partial charge in [0.15, 0.2) is 5.96 Å². The number of ether oxygens (including phenoxy) is 1. The Hall–Kier alpha value is -3.22. The highest BCUT2D eigenvalue weighted by Crippen LogP contribution is 2.21. The number of hydrogen-bond donors (Lipinski definition) is 2. The number of guanidine groups is 1. The number of halogens is 2. The summed E-state index contributed by atoms with van der Waals surface area (Å²) in [5.74, 6) is 0.761. The van der Waals surface area contributed by atoms with E-state index in [0.29, 0.717) is 24.6 Å². The first kappa shape index (κ1) is 20.5. The summed E-state index contributed by atoms with van der Waals surface area (Å²) in [5.41, 5.74) is 2.75. The molecule has 0 spiro atoms. The smallest absolute Gasteiger partial charge is 0.387 e. The van der Waals surface area contributed by atoms with Crippen molar-refractivity contribution in [2.75, 3.05) is 13.1 Å². The molecule has 0 aliphatic heterocycles. The second-order valence-corrected chi connectivity index (χ2v) is 6.35. The van der Waals surface area contributed by atoms with Gasteiger partial charge in [-0.15, -0.1) is 0 Å². The van der Waals surface area contributed by atoms with E-state index in [-0.39, 0.29) is 12.3 Å². The van der Waals surface area contributed by atoms with Crippen molar-refractivity contribution in [3.63, 3.8) is 0 Å². The van der Waals surface area contributed by atoms with Crippen molar-refractivity contribution in [2.45, 2.75) is 26.5 Å². The molecule has 152 valence electrons. The lowest BCUT2D eigenvalue weighted by atomic mass is 10.1. The van der Waals surface area contributed by atoms with Crippen LogP contribution in [0, 0.1) is 0 Å². The van der Waals surface area contributed by atoms with Crippen molar-refractivity contribution in [1.82, 2.24) is 15.6 Å². The van der Waals surface area contributed by atoms with Crippen LogP contribution in [0.1, 0.15) is 18.1 Å². The van der Waals surface area contributed by atoms with Crippen LogP contribution in [-0.2, 0) is 13.0 Å². The molecule has 29 heavy (non-hydrogen) atoms. The van der Waals surface area contributed by atoms with Crippen LogP contribution in [0.5, 0.6) is 5.75 Å². The molecule has 2 aromatic carbocycles. The number of alkyl halides is 2. The van der Waals surface area contributed by atoms with Crippen LogP contribution in [0.2, 0.25) is 0 Å². The van der Waals surface area contributed by atoms with Gasteiger partial charge in [0.25, 0.3) is 0 Å². The summed E-state index contributed by atoms with van der Waals surface area (Å²) < 4.78 is 29.7. The molecule has 0 saturated heterocycles. The molecule has 0 fully saturated rings. The summed E-state index contributed by atoms with van der Waals surface area (Å²) in [5, 5.41) is 7.57. The van der Waals surface area contributed by atoms with Gasteiger partial charge in [0.05, 0.1) is 12.1 Å². The Morgan fingerprint density at radius 2 is 1.83 bits per heavy atom. The number of benzene rings is 2. The van der Waals surface area contributed by atoms with E-state index in [1.165, 1.54) is 6.07 Å². The van der Waals surface area contributed by atoms with Crippen LogP contribution in [-0.4, -0.2) is 30.6 Å². The van der Waals surface area contributed by atoms with E-state index in [0.717, 1.165) is 22.9 Å². The molecular formula is C22H24F2N4O. The molecule has 3 aromatic rings. The van der Waals surface area contributed by atoms with Gasteiger partial charge in [0, 0.05) is 30.2 Å². The lowest BCUT2D eigenvalue weighted by molar-refractivity contribution is -0.0504. The van der Waals surface area contributed by atoms with E-state index in [4.69, 9.17) is 0 Å². The van der Waals surface area contributed by atoms with E-state index in [2.05, 4.69) is 31.4 Å². The van der Waals surface area contributed by atoms with Gasteiger partial charge in [0.1, 0.15) is 5.75 Å². The van der Waals surface area contributed by atoms with Crippen LogP contribution in [0.3, 0.4) is 0 Å².